The Morgan fingerprint density at radius 2 is 1.62 bits per heavy atom. The molecule has 0 aliphatic heterocycles. The van der Waals surface area contributed by atoms with Gasteiger partial charge < -0.3 is 4.89 Å². The molecule has 8 heteroatoms. The van der Waals surface area contributed by atoms with Gasteiger partial charge in [0, 0.05) is 0 Å². The van der Waals surface area contributed by atoms with Crippen LogP contribution in [0, 0.1) is 0 Å². The van der Waals surface area contributed by atoms with Gasteiger partial charge in [0.15, 0.2) is 0 Å². The number of halogens is 2. The summed E-state index contributed by atoms with van der Waals surface area (Å²) in [5, 5.41) is 0. The SMILES string of the molecule is O=P([O-])(OF)OF.[Li+]. The molecule has 0 heterocycles. The van der Waals surface area contributed by atoms with Crippen LogP contribution in [-0.2, 0) is 14.0 Å². The van der Waals surface area contributed by atoms with Crippen LogP contribution in [0.2, 0.25) is 0 Å². The predicted molar refractivity (Wildman–Crippen MR) is 12.0 cm³/mol. The maximum atomic E-state index is 10.3. The van der Waals surface area contributed by atoms with Crippen molar-refractivity contribution < 1.29 is 46.8 Å². The maximum Gasteiger partial charge on any atom is 1.00 e. The summed E-state index contributed by atoms with van der Waals surface area (Å²) in [5.74, 6) is 0. The van der Waals surface area contributed by atoms with Gasteiger partial charge >= 0.3 is 26.7 Å². The molecule has 0 aromatic carbocycles. The van der Waals surface area contributed by atoms with Crippen LogP contribution in [0.5, 0.6) is 0 Å². The van der Waals surface area contributed by atoms with Crippen LogP contribution in [-0.4, -0.2) is 0 Å². The van der Waals surface area contributed by atoms with Gasteiger partial charge in [0.05, 0.1) is 0 Å². The number of hydrogen-bond donors (Lipinski definition) is 0. The summed E-state index contributed by atoms with van der Waals surface area (Å²) in [4.78, 5) is 9.20. The van der Waals surface area contributed by atoms with Crippen LogP contribution >= 0.6 is 7.82 Å². The molecule has 0 N–H and O–H groups in total. The molecule has 4 nitrogen and oxygen atoms in total. The van der Waals surface area contributed by atoms with E-state index in [1.807, 2.05) is 9.46 Å². The fraction of sp³-hybridized carbons (Fsp3) is 0. The Labute approximate surface area is 55.4 Å². The van der Waals surface area contributed by atoms with E-state index in [0.717, 1.165) is 0 Å². The van der Waals surface area contributed by atoms with E-state index in [1.54, 1.807) is 0 Å². The molecule has 0 amide bonds. The average Bonchev–Trinajstić information content (AvgIpc) is 1.68. The molecule has 0 aromatic heterocycles. The fourth-order valence-electron chi connectivity index (χ4n) is 0.0106. The second-order valence-corrected chi connectivity index (χ2v) is 1.76. The van der Waals surface area contributed by atoms with Crippen LogP contribution in [0.3, 0.4) is 0 Å². The molecule has 0 atom stereocenters. The standard InChI is InChI=1S/F2HO4P.Li/c1-5-7(3,4)6-2;/h(H,3,4);/q;+1/p-1. The van der Waals surface area contributed by atoms with Gasteiger partial charge in [-0.1, -0.05) is 0 Å². The molecular weight excluding hydrogens is 140 g/mol. The summed E-state index contributed by atoms with van der Waals surface area (Å²) in [6.07, 6.45) is 0. The average molecular weight is 140 g/mol. The number of rotatable bonds is 2. The summed E-state index contributed by atoms with van der Waals surface area (Å²) in [6, 6.07) is 0. The van der Waals surface area contributed by atoms with Crippen molar-refractivity contribution in [2.45, 2.75) is 0 Å². The van der Waals surface area contributed by atoms with Gasteiger partial charge in [0.2, 0.25) is 0 Å². The molecule has 0 saturated heterocycles. The van der Waals surface area contributed by atoms with Gasteiger partial charge in [0.1, 0.15) is 0 Å². The van der Waals surface area contributed by atoms with E-state index in [4.69, 9.17) is 0 Å². The van der Waals surface area contributed by atoms with Crippen LogP contribution < -0.4 is 23.8 Å². The van der Waals surface area contributed by atoms with Crippen molar-refractivity contribution in [2.24, 2.45) is 0 Å². The second-order valence-electron chi connectivity index (χ2n) is 0.585. The van der Waals surface area contributed by atoms with Crippen LogP contribution in [0.25, 0.3) is 0 Å². The maximum absolute atomic E-state index is 10.3. The van der Waals surface area contributed by atoms with E-state index in [2.05, 4.69) is 0 Å². The second kappa shape index (κ2) is 4.45. The first-order valence-corrected chi connectivity index (χ1v) is 2.50. The minimum Gasteiger partial charge on any atom is -0.752 e. The zero-order chi connectivity index (χ0) is 5.91. The topological polar surface area (TPSA) is 58.6 Å². The minimum atomic E-state index is -5.24. The van der Waals surface area contributed by atoms with E-state index in [9.17, 15) is 18.5 Å². The Bertz CT molecular complexity index is 86.0. The van der Waals surface area contributed by atoms with Crippen molar-refractivity contribution >= 4 is 7.82 Å². The Balaban J connectivity index is 0. The summed E-state index contributed by atoms with van der Waals surface area (Å²) in [7, 11) is -5.24. The summed E-state index contributed by atoms with van der Waals surface area (Å²) in [5.41, 5.74) is 0. The van der Waals surface area contributed by atoms with Crippen molar-refractivity contribution in [3.63, 3.8) is 0 Å². The smallest absolute Gasteiger partial charge is 0.752 e. The first-order chi connectivity index (χ1) is 3.12. The molecule has 0 aliphatic carbocycles. The molecule has 0 radical (unpaired) electrons. The molecule has 44 valence electrons. The summed E-state index contributed by atoms with van der Waals surface area (Å²) in [6.45, 7) is 0. The van der Waals surface area contributed by atoms with Gasteiger partial charge in [-0.2, -0.15) is 0 Å². The third kappa shape index (κ3) is 4.72. The molecule has 8 heavy (non-hydrogen) atoms. The largest absolute Gasteiger partial charge is 1.00 e. The van der Waals surface area contributed by atoms with Gasteiger partial charge in [-0.05, 0) is 9.05 Å². The minimum absolute atomic E-state index is 0. The van der Waals surface area contributed by atoms with Crippen molar-refractivity contribution in [3.05, 3.63) is 0 Å². The summed E-state index contributed by atoms with van der Waals surface area (Å²) >= 11 is 0. The zero-order valence-corrected chi connectivity index (χ0v) is 4.73. The van der Waals surface area contributed by atoms with Crippen molar-refractivity contribution in [1.29, 1.82) is 0 Å². The molecule has 0 bridgehead atoms. The predicted octanol–water partition coefficient (Wildman–Crippen LogP) is -2.74. The third-order valence-electron chi connectivity index (χ3n) is 0.169. The van der Waals surface area contributed by atoms with Crippen molar-refractivity contribution in [1.82, 2.24) is 0 Å². The number of hydrogen-bond acceptors (Lipinski definition) is 4. The molecule has 0 unspecified atom stereocenters. The molecular formula is F2LiO4P. The Hall–Kier alpha value is 0.567. The van der Waals surface area contributed by atoms with Crippen LogP contribution in [0.1, 0.15) is 0 Å². The molecule has 0 saturated carbocycles. The first kappa shape index (κ1) is 11.4. The van der Waals surface area contributed by atoms with Gasteiger partial charge in [-0.25, -0.2) is 0 Å². The van der Waals surface area contributed by atoms with Gasteiger partial charge in [-0.15, -0.1) is 9.46 Å². The first-order valence-electron chi connectivity index (χ1n) is 1.04. The normalized spacial score (nSPS) is 10.4. The van der Waals surface area contributed by atoms with E-state index >= 15 is 0 Å². The third-order valence-corrected chi connectivity index (χ3v) is 0.507. The fourth-order valence-corrected chi connectivity index (χ4v) is 0.0319. The zero-order valence-electron chi connectivity index (χ0n) is 3.84. The monoisotopic (exact) mass is 140 g/mol. The molecule has 0 aliphatic rings. The number of phosphoric acid groups is 1. The van der Waals surface area contributed by atoms with E-state index in [0.29, 0.717) is 0 Å². The Morgan fingerprint density at radius 3 is 1.62 bits per heavy atom. The van der Waals surface area contributed by atoms with Crippen LogP contribution in [0.15, 0.2) is 0 Å². The Morgan fingerprint density at radius 1 is 1.38 bits per heavy atom. The van der Waals surface area contributed by atoms with Gasteiger partial charge in [-0.3, -0.25) is 4.57 Å². The Kier molecular flexibility index (Phi) is 6.32. The van der Waals surface area contributed by atoms with Crippen LogP contribution in [0.4, 0.5) is 9.05 Å². The molecule has 0 spiro atoms. The molecule has 0 fully saturated rings. The van der Waals surface area contributed by atoms with E-state index in [1.165, 1.54) is 0 Å². The van der Waals surface area contributed by atoms with E-state index < -0.39 is 7.82 Å². The van der Waals surface area contributed by atoms with Crippen molar-refractivity contribution in [3.8, 4) is 0 Å². The molecule has 0 aromatic rings. The van der Waals surface area contributed by atoms with Crippen molar-refractivity contribution in [2.75, 3.05) is 0 Å². The van der Waals surface area contributed by atoms with E-state index in [-0.39, 0.29) is 18.9 Å². The summed E-state index contributed by atoms with van der Waals surface area (Å²) < 4.78 is 33.8. The van der Waals surface area contributed by atoms with Gasteiger partial charge in [0.25, 0.3) is 0 Å². The quantitative estimate of drug-likeness (QED) is 0.308. The molecule has 0 rings (SSSR count).